The molecule has 0 fully saturated rings. The van der Waals surface area contributed by atoms with Gasteiger partial charge in [-0.1, -0.05) is 18.1 Å². The van der Waals surface area contributed by atoms with Gasteiger partial charge in [-0.15, -0.1) is 18.2 Å². The molecule has 3 aromatic carbocycles. The normalized spacial score (nSPS) is 12.5. The van der Waals surface area contributed by atoms with Crippen molar-refractivity contribution in [1.82, 2.24) is 0 Å². The van der Waals surface area contributed by atoms with Crippen LogP contribution in [0, 0.1) is 111 Å². The minimum absolute atomic E-state index is 0. The molecule has 0 N–H and O–H groups in total. The van der Waals surface area contributed by atoms with E-state index in [1.165, 1.54) is 28.2 Å². The molecule has 0 heterocycles. The molecule has 0 saturated heterocycles. The molecule has 0 nitrogen and oxygen atoms in total. The summed E-state index contributed by atoms with van der Waals surface area (Å²) in [6.45, 7) is 11.0. The van der Waals surface area contributed by atoms with Crippen molar-refractivity contribution in [1.29, 1.82) is 0 Å². The van der Waals surface area contributed by atoms with Crippen LogP contribution >= 0.6 is 0 Å². The largest absolute Gasteiger partial charge is 3.00 e. The second-order valence-electron chi connectivity index (χ2n) is 8.21. The zero-order valence-electron chi connectivity index (χ0n) is 22.7. The van der Waals surface area contributed by atoms with Crippen LogP contribution in [0.25, 0.3) is 0 Å². The first-order valence-corrected chi connectivity index (χ1v) is 11.1. The van der Waals surface area contributed by atoms with Gasteiger partial charge in [-0.25, -0.2) is 39.5 Å². The average Bonchev–Trinajstić information content (AvgIpc) is 3.13. The van der Waals surface area contributed by atoms with Crippen molar-refractivity contribution in [3.8, 4) is 0 Å². The first-order chi connectivity index (χ1) is 19.7. The molecule has 1 aliphatic rings. The van der Waals surface area contributed by atoms with Gasteiger partial charge in [-0.3, -0.25) is 26.3 Å². The average molecular weight is 684 g/mol. The second kappa shape index (κ2) is 16.8. The minimum atomic E-state index is -2.17. The molecular weight excluding hydrogens is 669 g/mol. The van der Waals surface area contributed by atoms with Crippen molar-refractivity contribution in [2.24, 2.45) is 0 Å². The van der Waals surface area contributed by atoms with Gasteiger partial charge >= 0.3 is 21.7 Å². The Morgan fingerprint density at radius 1 is 0.273 bits per heavy atom. The van der Waals surface area contributed by atoms with Gasteiger partial charge < -0.3 is 0 Å². The molecule has 0 unspecified atom stereocenters. The predicted octanol–water partition coefficient (Wildman–Crippen LogP) is 9.81. The summed E-state index contributed by atoms with van der Waals surface area (Å²) in [6, 6.07) is 3.07. The van der Waals surface area contributed by atoms with Gasteiger partial charge in [0.1, 0.15) is 0 Å². The summed E-state index contributed by atoms with van der Waals surface area (Å²) < 4.78 is 180. The van der Waals surface area contributed by atoms with Gasteiger partial charge in [0.05, 0.1) is 87.3 Å². The zero-order chi connectivity index (χ0) is 33.7. The van der Waals surface area contributed by atoms with Crippen LogP contribution in [0.15, 0.2) is 22.3 Å². The molecule has 3 aromatic rings. The van der Waals surface area contributed by atoms with Gasteiger partial charge in [0.15, 0.2) is 0 Å². The third-order valence-electron chi connectivity index (χ3n) is 5.78. The number of allylic oxidation sites excluding steroid dienone is 4. The van der Waals surface area contributed by atoms with Gasteiger partial charge in [-0.05, 0) is 38.8 Å². The molecule has 0 spiro atoms. The molecule has 2 radical (unpaired) electrons. The van der Waals surface area contributed by atoms with E-state index in [0.29, 0.717) is 0 Å². The molecule has 0 amide bonds. The van der Waals surface area contributed by atoms with Crippen LogP contribution in [-0.4, -0.2) is 0 Å². The quantitative estimate of drug-likeness (QED) is 0.0728. The number of rotatable bonds is 0. The van der Waals surface area contributed by atoms with Crippen LogP contribution in [0.4, 0.5) is 65.9 Å². The van der Waals surface area contributed by atoms with Crippen LogP contribution in [-0.2, 0) is 21.7 Å². The number of hydrogen-bond donors (Lipinski definition) is 0. The molecule has 44 heavy (non-hydrogen) atoms. The molecule has 0 bridgehead atoms. The van der Waals surface area contributed by atoms with Crippen molar-refractivity contribution in [2.75, 3.05) is 0 Å². The number of hydrogen-bond acceptors (Lipinski definition) is 0. The molecule has 0 saturated carbocycles. The Kier molecular flexibility index (Phi) is 15.5. The fourth-order valence-electron chi connectivity index (χ4n) is 2.89. The fourth-order valence-corrected chi connectivity index (χ4v) is 2.89. The van der Waals surface area contributed by atoms with E-state index in [4.69, 9.17) is 0 Å². The topological polar surface area (TPSA) is 0 Å². The van der Waals surface area contributed by atoms with Crippen LogP contribution in [0.1, 0.15) is 34.6 Å². The third kappa shape index (κ3) is 9.40. The summed E-state index contributed by atoms with van der Waals surface area (Å²) in [5.41, 5.74) is 5.87. The fraction of sp³-hybridized carbons (Fsp3) is 0.179. The zero-order valence-corrected chi connectivity index (χ0v) is 24.2. The molecule has 0 atom stereocenters. The first kappa shape index (κ1) is 40.8. The Morgan fingerprint density at radius 2 is 0.432 bits per heavy atom. The summed E-state index contributed by atoms with van der Waals surface area (Å²) in [4.78, 5) is 0. The van der Waals surface area contributed by atoms with Gasteiger partial charge in [0, 0.05) is 5.92 Å². The maximum Gasteiger partial charge on any atom is 3.00 e. The predicted molar refractivity (Wildman–Crippen MR) is 121 cm³/mol. The van der Waals surface area contributed by atoms with Crippen LogP contribution in [0.5, 0.6) is 0 Å². The summed E-state index contributed by atoms with van der Waals surface area (Å²) in [5, 5.41) is 0. The van der Waals surface area contributed by atoms with Crippen LogP contribution in [0.2, 0.25) is 0 Å². The van der Waals surface area contributed by atoms with Crippen LogP contribution < -0.4 is 0 Å². The second-order valence-corrected chi connectivity index (χ2v) is 8.21. The molecule has 0 aliphatic heterocycles. The third-order valence-corrected chi connectivity index (χ3v) is 5.78. The molecule has 236 valence electrons. The van der Waals surface area contributed by atoms with Gasteiger partial charge in [0.25, 0.3) is 0 Å². The van der Waals surface area contributed by atoms with E-state index in [9.17, 15) is 65.9 Å². The van der Waals surface area contributed by atoms with E-state index in [1.54, 1.807) is 0 Å². The Hall–Kier alpha value is -3.20. The monoisotopic (exact) mass is 684 g/mol. The summed E-state index contributed by atoms with van der Waals surface area (Å²) in [5.74, 6) is -28.7. The van der Waals surface area contributed by atoms with Crippen molar-refractivity contribution in [3.05, 3.63) is 134 Å². The first-order valence-electron chi connectivity index (χ1n) is 11.1. The molecule has 1 aliphatic carbocycles. The Balaban J connectivity index is 0.000000556. The van der Waals surface area contributed by atoms with E-state index in [1.807, 2.05) is 0 Å². The summed E-state index contributed by atoms with van der Waals surface area (Å²) in [7, 11) is 0. The Bertz CT molecular complexity index is 1330. The Morgan fingerprint density at radius 3 is 0.545 bits per heavy atom. The maximum absolute atomic E-state index is 12.0. The van der Waals surface area contributed by atoms with E-state index in [0.717, 1.165) is 18.2 Å². The van der Waals surface area contributed by atoms with Gasteiger partial charge in [0.2, 0.25) is 0 Å². The van der Waals surface area contributed by atoms with Crippen molar-refractivity contribution < 1.29 is 87.6 Å². The van der Waals surface area contributed by atoms with Crippen LogP contribution in [0.3, 0.4) is 0 Å². The van der Waals surface area contributed by atoms with E-state index < -0.39 is 87.3 Å². The van der Waals surface area contributed by atoms with E-state index >= 15 is 0 Å². The van der Waals surface area contributed by atoms with Crippen molar-refractivity contribution in [2.45, 2.75) is 34.6 Å². The molecule has 16 heteroatoms. The maximum atomic E-state index is 12.0. The summed E-state index contributed by atoms with van der Waals surface area (Å²) >= 11 is 0. The van der Waals surface area contributed by atoms with Gasteiger partial charge in [-0.2, -0.15) is 0 Å². The smallest absolute Gasteiger partial charge is 0.278 e. The van der Waals surface area contributed by atoms with E-state index in [2.05, 4.69) is 34.6 Å². The number of benzene rings is 3. The SMILES string of the molecule is C[C]1C(C)=C(C)C(C)=C1C.Fc1[c-]c(F)c(F)c(F)c1F.Fc1[c-]c(F)c(F)c(F)c1F.Fc1[c-]c(F)c(F)c(F)c1F.[Ti+3]. The number of halogens is 15. The standard InChI is InChI=1S/C10H15.3C6F5.Ti/c1-6-7(2)9(4)10(5)8(6)3;3*7-2-1-3(8)5(10)6(11)4(2)9;/h1-5H3;;;;/q;3*-1;+3. The Labute approximate surface area is 255 Å². The van der Waals surface area contributed by atoms with Crippen molar-refractivity contribution >= 4 is 0 Å². The summed E-state index contributed by atoms with van der Waals surface area (Å²) in [6.07, 6.45) is 0. The molecular formula is C28H15F15Ti. The minimum Gasteiger partial charge on any atom is -0.278 e. The van der Waals surface area contributed by atoms with Crippen molar-refractivity contribution in [3.63, 3.8) is 0 Å². The molecule has 0 aromatic heterocycles. The van der Waals surface area contributed by atoms with E-state index in [-0.39, 0.29) is 21.7 Å². The molecule has 4 rings (SSSR count).